The number of nitriles is 1. The van der Waals surface area contributed by atoms with E-state index in [0.29, 0.717) is 25.3 Å². The van der Waals surface area contributed by atoms with Gasteiger partial charge in [-0.2, -0.15) is 5.26 Å². The summed E-state index contributed by atoms with van der Waals surface area (Å²) in [5.41, 5.74) is 2.67. The first-order valence-corrected chi connectivity index (χ1v) is 10.3. The Hall–Kier alpha value is -3.02. The maximum absolute atomic E-state index is 9.46. The second-order valence-corrected chi connectivity index (χ2v) is 7.62. The first-order chi connectivity index (χ1) is 15.2. The average Bonchev–Trinajstić information content (AvgIpc) is 3.29. The highest BCUT2D eigenvalue weighted by molar-refractivity contribution is 6.01. The summed E-state index contributed by atoms with van der Waals surface area (Å²) in [6.07, 6.45) is 3.35. The van der Waals surface area contributed by atoms with E-state index in [1.165, 1.54) is 0 Å². The van der Waals surface area contributed by atoms with Crippen LogP contribution in [-0.2, 0) is 18.9 Å². The molecule has 158 valence electrons. The van der Waals surface area contributed by atoms with E-state index in [0.717, 1.165) is 11.4 Å². The molecule has 2 fully saturated rings. The van der Waals surface area contributed by atoms with Gasteiger partial charge in [0.15, 0.2) is 6.29 Å². The van der Waals surface area contributed by atoms with Crippen LogP contribution in [0.1, 0.15) is 6.42 Å². The number of fused-ring (bicyclic) bond motifs is 1. The highest BCUT2D eigenvalue weighted by Crippen LogP contribution is 2.55. The first kappa shape index (κ1) is 19.9. The standard InChI is InChI=1S/C24H23N3O4/c1-28-23-13-14-26-21(24(23,31-23)30-22-18(16-25)12-15-29-22)17-27(19-8-4-2-5-9-19)20-10-6-3-7-11-20/h2-11,13-14,18,22H,12,15,17H2,1H3/t18?,22?,23?,24-/m1/s1. The summed E-state index contributed by atoms with van der Waals surface area (Å²) in [6.45, 7) is 0.884. The van der Waals surface area contributed by atoms with Crippen molar-refractivity contribution < 1.29 is 18.9 Å². The number of anilines is 2. The van der Waals surface area contributed by atoms with E-state index in [-0.39, 0.29) is 5.92 Å². The van der Waals surface area contributed by atoms with E-state index in [1.807, 2.05) is 60.7 Å². The molecule has 5 rings (SSSR count). The van der Waals surface area contributed by atoms with Crippen molar-refractivity contribution in [1.82, 2.24) is 0 Å². The van der Waals surface area contributed by atoms with Gasteiger partial charge in [0.1, 0.15) is 5.71 Å². The number of epoxide rings is 1. The summed E-state index contributed by atoms with van der Waals surface area (Å²) in [5, 5.41) is 9.46. The van der Waals surface area contributed by atoms with Crippen LogP contribution in [0.2, 0.25) is 0 Å². The van der Waals surface area contributed by atoms with Crippen molar-refractivity contribution in [2.24, 2.45) is 10.9 Å². The molecule has 0 aromatic heterocycles. The normalized spacial score (nSPS) is 30.9. The summed E-state index contributed by atoms with van der Waals surface area (Å²) in [6, 6.07) is 22.4. The van der Waals surface area contributed by atoms with Crippen molar-refractivity contribution in [3.63, 3.8) is 0 Å². The Morgan fingerprint density at radius 3 is 2.42 bits per heavy atom. The smallest absolute Gasteiger partial charge is 0.275 e. The van der Waals surface area contributed by atoms with Crippen LogP contribution >= 0.6 is 0 Å². The number of nitrogens with zero attached hydrogens (tertiary/aromatic N) is 3. The molecule has 0 saturated carbocycles. The molecule has 3 aliphatic rings. The third-order valence-corrected chi connectivity index (χ3v) is 5.85. The Bertz CT molecular complexity index is 996. The fourth-order valence-corrected chi connectivity index (χ4v) is 4.13. The predicted molar refractivity (Wildman–Crippen MR) is 115 cm³/mol. The summed E-state index contributed by atoms with van der Waals surface area (Å²) in [5.74, 6) is -2.67. The SMILES string of the molecule is COC12C=CN=C(CN(c3ccccc3)c3ccccc3)[C@@]1(OC1OCCC1C#N)O2. The molecule has 0 radical (unpaired) electrons. The van der Waals surface area contributed by atoms with Crippen molar-refractivity contribution >= 4 is 17.1 Å². The average molecular weight is 417 g/mol. The molecular formula is C24H23N3O4. The van der Waals surface area contributed by atoms with Gasteiger partial charge in [-0.05, 0) is 36.8 Å². The molecule has 0 bridgehead atoms. The number of ether oxygens (including phenoxy) is 4. The molecule has 3 unspecified atom stereocenters. The van der Waals surface area contributed by atoms with Gasteiger partial charge < -0.3 is 19.1 Å². The molecule has 2 aromatic rings. The number of rotatable bonds is 7. The molecule has 7 heteroatoms. The van der Waals surface area contributed by atoms with Gasteiger partial charge in [0.05, 0.1) is 25.1 Å². The Kier molecular flexibility index (Phi) is 5.08. The molecule has 2 aromatic carbocycles. The Labute approximate surface area is 181 Å². The van der Waals surface area contributed by atoms with Crippen molar-refractivity contribution in [3.05, 3.63) is 72.9 Å². The molecule has 0 spiro atoms. The highest BCUT2D eigenvalue weighted by Gasteiger charge is 2.77. The zero-order chi connectivity index (χ0) is 21.3. The van der Waals surface area contributed by atoms with Gasteiger partial charge in [0, 0.05) is 24.7 Å². The second kappa shape index (κ2) is 7.91. The molecule has 31 heavy (non-hydrogen) atoms. The van der Waals surface area contributed by atoms with Crippen molar-refractivity contribution in [3.8, 4) is 6.07 Å². The van der Waals surface area contributed by atoms with Crippen molar-refractivity contribution in [1.29, 1.82) is 5.26 Å². The Balaban J connectivity index is 1.49. The molecule has 0 amide bonds. The fraction of sp³-hybridized carbons (Fsp3) is 0.333. The highest BCUT2D eigenvalue weighted by atomic mass is 16.9. The third kappa shape index (κ3) is 3.34. The Morgan fingerprint density at radius 2 is 1.81 bits per heavy atom. The van der Waals surface area contributed by atoms with Crippen LogP contribution in [0.4, 0.5) is 11.4 Å². The second-order valence-electron chi connectivity index (χ2n) is 7.62. The summed E-state index contributed by atoms with van der Waals surface area (Å²) < 4.78 is 23.7. The minimum absolute atomic E-state index is 0.361. The van der Waals surface area contributed by atoms with E-state index in [1.54, 1.807) is 19.4 Å². The van der Waals surface area contributed by atoms with Gasteiger partial charge >= 0.3 is 0 Å². The van der Waals surface area contributed by atoms with Crippen LogP contribution in [0.3, 0.4) is 0 Å². The van der Waals surface area contributed by atoms with Crippen LogP contribution < -0.4 is 4.90 Å². The number of benzene rings is 2. The van der Waals surface area contributed by atoms with Crippen LogP contribution in [0.25, 0.3) is 0 Å². The number of hydrogen-bond donors (Lipinski definition) is 0. The van der Waals surface area contributed by atoms with E-state index in [2.05, 4.69) is 16.0 Å². The fourth-order valence-electron chi connectivity index (χ4n) is 4.13. The van der Waals surface area contributed by atoms with E-state index in [9.17, 15) is 5.26 Å². The van der Waals surface area contributed by atoms with E-state index >= 15 is 0 Å². The topological polar surface area (TPSA) is 79.6 Å². The molecule has 3 heterocycles. The van der Waals surface area contributed by atoms with Crippen LogP contribution in [0, 0.1) is 17.2 Å². The van der Waals surface area contributed by atoms with Gasteiger partial charge in [-0.3, -0.25) is 9.73 Å². The maximum atomic E-state index is 9.46. The lowest BCUT2D eigenvalue weighted by atomic mass is 10.0. The molecular weight excluding hydrogens is 394 g/mol. The molecule has 0 N–H and O–H groups in total. The first-order valence-electron chi connectivity index (χ1n) is 10.3. The number of hydrogen-bond acceptors (Lipinski definition) is 7. The maximum Gasteiger partial charge on any atom is 0.275 e. The van der Waals surface area contributed by atoms with Crippen molar-refractivity contribution in [2.45, 2.75) is 24.3 Å². The van der Waals surface area contributed by atoms with Crippen LogP contribution in [-0.4, -0.2) is 43.8 Å². The lowest BCUT2D eigenvalue weighted by Crippen LogP contribution is -2.46. The van der Waals surface area contributed by atoms with E-state index in [4.69, 9.17) is 18.9 Å². The van der Waals surface area contributed by atoms with Crippen LogP contribution in [0.5, 0.6) is 0 Å². The van der Waals surface area contributed by atoms with E-state index < -0.39 is 17.9 Å². The molecule has 3 aliphatic heterocycles. The lowest BCUT2D eigenvalue weighted by molar-refractivity contribution is -0.175. The van der Waals surface area contributed by atoms with Gasteiger partial charge in [-0.25, -0.2) is 0 Å². The zero-order valence-corrected chi connectivity index (χ0v) is 17.2. The van der Waals surface area contributed by atoms with Gasteiger partial charge in [0.2, 0.25) is 0 Å². The molecule has 0 aliphatic carbocycles. The number of para-hydroxylation sites is 2. The quantitative estimate of drug-likeness (QED) is 0.638. The number of methoxy groups -OCH3 is 1. The van der Waals surface area contributed by atoms with Crippen molar-refractivity contribution in [2.75, 3.05) is 25.2 Å². The number of aliphatic imine (C=N–C) groups is 1. The van der Waals surface area contributed by atoms with Gasteiger partial charge in [-0.15, -0.1) is 0 Å². The minimum atomic E-state index is -1.23. The Morgan fingerprint density at radius 1 is 1.13 bits per heavy atom. The zero-order valence-electron chi connectivity index (χ0n) is 17.2. The third-order valence-electron chi connectivity index (χ3n) is 5.85. The molecule has 7 nitrogen and oxygen atoms in total. The molecule has 2 saturated heterocycles. The summed E-state index contributed by atoms with van der Waals surface area (Å²) in [7, 11) is 1.57. The van der Waals surface area contributed by atoms with Gasteiger partial charge in [0.25, 0.3) is 11.6 Å². The van der Waals surface area contributed by atoms with Crippen LogP contribution in [0.15, 0.2) is 77.9 Å². The molecule has 4 atom stereocenters. The largest absolute Gasteiger partial charge is 0.351 e. The monoisotopic (exact) mass is 417 g/mol. The minimum Gasteiger partial charge on any atom is -0.351 e. The predicted octanol–water partition coefficient (Wildman–Crippen LogP) is 3.76. The lowest BCUT2D eigenvalue weighted by Gasteiger charge is -2.30. The van der Waals surface area contributed by atoms with Gasteiger partial charge in [-0.1, -0.05) is 36.4 Å². The summed E-state index contributed by atoms with van der Waals surface area (Å²) >= 11 is 0. The summed E-state index contributed by atoms with van der Waals surface area (Å²) in [4.78, 5) is 6.77.